The number of nitrogens with one attached hydrogen (secondary N) is 1. The quantitative estimate of drug-likeness (QED) is 0.911. The van der Waals surface area contributed by atoms with E-state index in [0.717, 1.165) is 18.5 Å². The third-order valence-corrected chi connectivity index (χ3v) is 4.54. The van der Waals surface area contributed by atoms with Crippen LogP contribution in [0, 0.1) is 11.6 Å². The summed E-state index contributed by atoms with van der Waals surface area (Å²) in [6, 6.07) is 4.03. The summed E-state index contributed by atoms with van der Waals surface area (Å²) in [6.45, 7) is 1.32. The average molecular weight is 281 g/mol. The van der Waals surface area contributed by atoms with E-state index < -0.39 is 11.6 Å². The second kappa shape index (κ2) is 5.78. The van der Waals surface area contributed by atoms with Gasteiger partial charge >= 0.3 is 0 Å². The van der Waals surface area contributed by atoms with E-state index in [0.29, 0.717) is 6.54 Å². The van der Waals surface area contributed by atoms with Crippen molar-refractivity contribution in [3.63, 3.8) is 0 Å². The summed E-state index contributed by atoms with van der Waals surface area (Å²) in [5.74, 6) is -1.58. The number of hydrogen-bond donors (Lipinski definition) is 1. The van der Waals surface area contributed by atoms with E-state index >= 15 is 0 Å². The van der Waals surface area contributed by atoms with Gasteiger partial charge < -0.3 is 10.1 Å². The monoisotopic (exact) mass is 281 g/mol. The molecule has 0 aromatic heterocycles. The van der Waals surface area contributed by atoms with E-state index in [2.05, 4.69) is 5.32 Å². The average Bonchev–Trinajstić information content (AvgIpc) is 3.05. The van der Waals surface area contributed by atoms with Gasteiger partial charge in [0.25, 0.3) is 0 Å². The van der Waals surface area contributed by atoms with Crippen molar-refractivity contribution in [2.45, 2.75) is 56.8 Å². The molecule has 4 heteroatoms. The van der Waals surface area contributed by atoms with E-state index in [4.69, 9.17) is 4.74 Å². The Kier molecular flexibility index (Phi) is 4.03. The number of ether oxygens (including phenoxy) is 1. The van der Waals surface area contributed by atoms with Gasteiger partial charge in [-0.25, -0.2) is 8.78 Å². The predicted molar refractivity (Wildman–Crippen MR) is 73.4 cm³/mol. The summed E-state index contributed by atoms with van der Waals surface area (Å²) >= 11 is 0. The summed E-state index contributed by atoms with van der Waals surface area (Å²) < 4.78 is 32.1. The first-order chi connectivity index (χ1) is 9.67. The largest absolute Gasteiger partial charge is 0.370 e. The molecule has 2 fully saturated rings. The van der Waals surface area contributed by atoms with Crippen molar-refractivity contribution in [2.75, 3.05) is 6.54 Å². The van der Waals surface area contributed by atoms with Crippen LogP contribution in [0.15, 0.2) is 18.2 Å². The van der Waals surface area contributed by atoms with Crippen LogP contribution >= 0.6 is 0 Å². The molecule has 0 radical (unpaired) electrons. The molecule has 2 nitrogen and oxygen atoms in total. The lowest BCUT2D eigenvalue weighted by molar-refractivity contribution is -0.0351. The Morgan fingerprint density at radius 3 is 2.70 bits per heavy atom. The Morgan fingerprint density at radius 1 is 1.15 bits per heavy atom. The zero-order chi connectivity index (χ0) is 14.0. The van der Waals surface area contributed by atoms with Crippen molar-refractivity contribution in [1.82, 2.24) is 5.32 Å². The van der Waals surface area contributed by atoms with Crippen LogP contribution in [0.3, 0.4) is 0 Å². The van der Waals surface area contributed by atoms with Gasteiger partial charge in [-0.05, 0) is 43.4 Å². The fourth-order valence-corrected chi connectivity index (χ4v) is 3.45. The maximum Gasteiger partial charge on any atom is 0.159 e. The van der Waals surface area contributed by atoms with E-state index in [1.165, 1.54) is 44.2 Å². The molecule has 3 rings (SSSR count). The molecule has 1 atom stereocenters. The SMILES string of the molecule is Fc1ccc(CNCC2CCC3(CCCC3)O2)cc1F. The fourth-order valence-electron chi connectivity index (χ4n) is 3.45. The van der Waals surface area contributed by atoms with Gasteiger partial charge in [0.2, 0.25) is 0 Å². The number of hydrogen-bond acceptors (Lipinski definition) is 2. The van der Waals surface area contributed by atoms with Gasteiger partial charge in [-0.1, -0.05) is 18.9 Å². The molecule has 1 aliphatic carbocycles. The Bertz CT molecular complexity index is 472. The Balaban J connectivity index is 1.45. The Morgan fingerprint density at radius 2 is 1.95 bits per heavy atom. The molecular weight excluding hydrogens is 260 g/mol. The van der Waals surface area contributed by atoms with Crippen molar-refractivity contribution in [2.24, 2.45) is 0 Å². The van der Waals surface area contributed by atoms with Crippen molar-refractivity contribution in [3.8, 4) is 0 Å². The first-order valence-corrected chi connectivity index (χ1v) is 7.49. The van der Waals surface area contributed by atoms with Crippen molar-refractivity contribution in [3.05, 3.63) is 35.4 Å². The summed E-state index contributed by atoms with van der Waals surface area (Å²) in [5.41, 5.74) is 0.923. The van der Waals surface area contributed by atoms with Crippen LogP contribution in [0.25, 0.3) is 0 Å². The fraction of sp³-hybridized carbons (Fsp3) is 0.625. The van der Waals surface area contributed by atoms with Crippen LogP contribution in [-0.2, 0) is 11.3 Å². The maximum atomic E-state index is 13.1. The third-order valence-electron chi connectivity index (χ3n) is 4.54. The molecule has 1 saturated carbocycles. The van der Waals surface area contributed by atoms with Gasteiger partial charge in [-0.2, -0.15) is 0 Å². The first kappa shape index (κ1) is 14.0. The number of halogens is 2. The zero-order valence-corrected chi connectivity index (χ0v) is 11.6. The molecule has 0 amide bonds. The summed E-state index contributed by atoms with van der Waals surface area (Å²) in [5, 5.41) is 3.28. The highest BCUT2D eigenvalue weighted by Gasteiger charge is 2.41. The van der Waals surface area contributed by atoms with Crippen molar-refractivity contribution >= 4 is 0 Å². The molecular formula is C16H21F2NO. The molecule has 1 aromatic rings. The Hall–Kier alpha value is -1.00. The molecule has 1 heterocycles. The number of benzene rings is 1. The van der Waals surface area contributed by atoms with Crippen LogP contribution in [0.4, 0.5) is 8.78 Å². The molecule has 20 heavy (non-hydrogen) atoms. The van der Waals surface area contributed by atoms with Crippen LogP contribution in [0.5, 0.6) is 0 Å². The summed E-state index contributed by atoms with van der Waals surface area (Å²) in [4.78, 5) is 0. The molecule has 1 unspecified atom stereocenters. The minimum atomic E-state index is -0.795. The summed E-state index contributed by atoms with van der Waals surface area (Å²) in [7, 11) is 0. The lowest BCUT2D eigenvalue weighted by Gasteiger charge is -2.23. The smallest absolute Gasteiger partial charge is 0.159 e. The van der Waals surface area contributed by atoms with Crippen LogP contribution in [0.2, 0.25) is 0 Å². The third kappa shape index (κ3) is 3.01. The second-order valence-corrected chi connectivity index (χ2v) is 6.05. The van der Waals surface area contributed by atoms with Gasteiger partial charge in [0.15, 0.2) is 11.6 Å². The number of rotatable bonds is 4. The topological polar surface area (TPSA) is 21.3 Å². The maximum absolute atomic E-state index is 13.1. The minimum absolute atomic E-state index is 0.161. The minimum Gasteiger partial charge on any atom is -0.370 e. The van der Waals surface area contributed by atoms with Crippen LogP contribution in [0.1, 0.15) is 44.1 Å². The molecule has 0 bridgehead atoms. The zero-order valence-electron chi connectivity index (χ0n) is 11.6. The highest BCUT2D eigenvalue weighted by Crippen LogP contribution is 2.43. The van der Waals surface area contributed by atoms with Crippen LogP contribution in [-0.4, -0.2) is 18.2 Å². The first-order valence-electron chi connectivity index (χ1n) is 7.49. The highest BCUT2D eigenvalue weighted by atomic mass is 19.2. The molecule has 1 N–H and O–H groups in total. The van der Waals surface area contributed by atoms with Gasteiger partial charge in [0.05, 0.1) is 11.7 Å². The second-order valence-electron chi connectivity index (χ2n) is 6.05. The molecule has 2 aliphatic rings. The predicted octanol–water partition coefficient (Wildman–Crippen LogP) is 3.55. The van der Waals surface area contributed by atoms with Gasteiger partial charge in [-0.15, -0.1) is 0 Å². The highest BCUT2D eigenvalue weighted by molar-refractivity contribution is 5.17. The summed E-state index contributed by atoms with van der Waals surface area (Å²) in [6.07, 6.45) is 7.51. The van der Waals surface area contributed by atoms with E-state index in [9.17, 15) is 8.78 Å². The van der Waals surface area contributed by atoms with E-state index in [-0.39, 0.29) is 11.7 Å². The molecule has 1 saturated heterocycles. The van der Waals surface area contributed by atoms with Gasteiger partial charge in [0.1, 0.15) is 0 Å². The molecule has 1 spiro atoms. The standard InChI is InChI=1S/C16H21F2NO/c17-14-4-3-12(9-15(14)18)10-19-11-13-5-8-16(20-13)6-1-2-7-16/h3-4,9,13,19H,1-2,5-8,10-11H2. The lowest BCUT2D eigenvalue weighted by atomic mass is 9.98. The molecule has 1 aliphatic heterocycles. The lowest BCUT2D eigenvalue weighted by Crippen LogP contribution is -2.30. The van der Waals surface area contributed by atoms with Crippen LogP contribution < -0.4 is 5.32 Å². The Labute approximate surface area is 118 Å². The van der Waals surface area contributed by atoms with E-state index in [1.54, 1.807) is 6.07 Å². The normalized spacial score (nSPS) is 24.6. The van der Waals surface area contributed by atoms with Gasteiger partial charge in [0, 0.05) is 13.1 Å². The molecule has 1 aromatic carbocycles. The van der Waals surface area contributed by atoms with Gasteiger partial charge in [-0.3, -0.25) is 0 Å². The van der Waals surface area contributed by atoms with Crippen molar-refractivity contribution < 1.29 is 13.5 Å². The van der Waals surface area contributed by atoms with E-state index in [1.807, 2.05) is 0 Å². The molecule has 110 valence electrons. The van der Waals surface area contributed by atoms with Crippen molar-refractivity contribution in [1.29, 1.82) is 0 Å².